The summed E-state index contributed by atoms with van der Waals surface area (Å²) < 4.78 is 0. The van der Waals surface area contributed by atoms with E-state index in [1.54, 1.807) is 0 Å². The third-order valence-corrected chi connectivity index (χ3v) is 5.09. The van der Waals surface area contributed by atoms with Gasteiger partial charge in [-0.1, -0.05) is 19.4 Å². The molecule has 1 aliphatic heterocycles. The Morgan fingerprint density at radius 1 is 1.32 bits per heavy atom. The molecule has 3 rings (SSSR count). The molecule has 22 heavy (non-hydrogen) atoms. The van der Waals surface area contributed by atoms with E-state index in [0.29, 0.717) is 6.04 Å². The number of piperidine rings is 1. The Hall–Kier alpha value is -1.61. The second-order valence-corrected chi connectivity index (χ2v) is 6.61. The van der Waals surface area contributed by atoms with Gasteiger partial charge in [-0.15, -0.1) is 0 Å². The number of likely N-dealkylation sites (tertiary alicyclic amines) is 1. The van der Waals surface area contributed by atoms with E-state index in [0.717, 1.165) is 41.7 Å². The maximum Gasteiger partial charge on any atom is 0.194 e. The van der Waals surface area contributed by atoms with Crippen LogP contribution in [0.5, 0.6) is 0 Å². The van der Waals surface area contributed by atoms with E-state index >= 15 is 0 Å². The number of fused-ring (bicyclic) bond motifs is 1. The molecule has 0 aliphatic carbocycles. The Morgan fingerprint density at radius 3 is 2.86 bits per heavy atom. The maximum absolute atomic E-state index is 13.0. The Labute approximate surface area is 132 Å². The third kappa shape index (κ3) is 2.82. The number of aromatic nitrogens is 1. The molecule has 1 N–H and O–H groups in total. The molecule has 1 saturated heterocycles. The van der Waals surface area contributed by atoms with Crippen molar-refractivity contribution in [2.45, 2.75) is 59.0 Å². The molecule has 1 aromatic heterocycles. The molecule has 0 amide bonds. The van der Waals surface area contributed by atoms with Gasteiger partial charge in [0.2, 0.25) is 0 Å². The molecule has 1 aromatic carbocycles. The highest BCUT2D eigenvalue weighted by molar-refractivity contribution is 5.80. The fraction of sp³-hybridized carbons (Fsp3) is 0.526. The highest BCUT2D eigenvalue weighted by Gasteiger charge is 2.20. The summed E-state index contributed by atoms with van der Waals surface area (Å²) in [5.41, 5.74) is 4.34. The average Bonchev–Trinajstić information content (AvgIpc) is 2.53. The number of nitrogens with one attached hydrogen (secondary N) is 1. The number of hydrogen-bond acceptors (Lipinski definition) is 2. The monoisotopic (exact) mass is 298 g/mol. The molecule has 1 unspecified atom stereocenters. The summed E-state index contributed by atoms with van der Waals surface area (Å²) >= 11 is 0. The molecule has 2 aromatic rings. The minimum Gasteiger partial charge on any atom is -0.358 e. The van der Waals surface area contributed by atoms with Gasteiger partial charge < -0.3 is 4.98 Å². The first-order valence-electron chi connectivity index (χ1n) is 8.48. The largest absolute Gasteiger partial charge is 0.358 e. The second kappa shape index (κ2) is 6.25. The van der Waals surface area contributed by atoms with Crippen LogP contribution in [0.25, 0.3) is 10.9 Å². The zero-order valence-corrected chi connectivity index (χ0v) is 13.9. The van der Waals surface area contributed by atoms with Crippen molar-refractivity contribution >= 4 is 10.9 Å². The van der Waals surface area contributed by atoms with Crippen LogP contribution in [0.4, 0.5) is 0 Å². The summed E-state index contributed by atoms with van der Waals surface area (Å²) in [6.07, 6.45) is 4.76. The van der Waals surface area contributed by atoms with Crippen LogP contribution in [0.2, 0.25) is 0 Å². The smallest absolute Gasteiger partial charge is 0.194 e. The van der Waals surface area contributed by atoms with Gasteiger partial charge in [-0.3, -0.25) is 9.69 Å². The number of H-pyrrole nitrogens is 1. The van der Waals surface area contributed by atoms with Gasteiger partial charge in [0, 0.05) is 34.7 Å². The minimum atomic E-state index is 0.208. The normalized spacial score (nSPS) is 19.7. The van der Waals surface area contributed by atoms with Crippen molar-refractivity contribution in [3.63, 3.8) is 0 Å². The van der Waals surface area contributed by atoms with Gasteiger partial charge in [0.05, 0.1) is 0 Å². The maximum atomic E-state index is 13.0. The van der Waals surface area contributed by atoms with Gasteiger partial charge in [0.1, 0.15) is 0 Å². The minimum absolute atomic E-state index is 0.208. The first kappa shape index (κ1) is 15.3. The van der Waals surface area contributed by atoms with Crippen molar-refractivity contribution < 1.29 is 0 Å². The predicted octanol–water partition coefficient (Wildman–Crippen LogP) is 3.77. The number of pyridine rings is 1. The number of aromatic amines is 1. The quantitative estimate of drug-likeness (QED) is 0.936. The van der Waals surface area contributed by atoms with E-state index < -0.39 is 0 Å². The zero-order valence-electron chi connectivity index (χ0n) is 13.9. The van der Waals surface area contributed by atoms with E-state index in [1.807, 2.05) is 13.0 Å². The van der Waals surface area contributed by atoms with Crippen LogP contribution in [0, 0.1) is 6.92 Å². The molecule has 1 fully saturated rings. The lowest BCUT2D eigenvalue weighted by molar-refractivity contribution is 0.152. The van der Waals surface area contributed by atoms with E-state index in [4.69, 9.17) is 0 Å². The number of aryl methyl sites for hydroxylation is 2. The Balaban J connectivity index is 2.03. The molecule has 1 aliphatic rings. The van der Waals surface area contributed by atoms with Crippen LogP contribution in [0.1, 0.15) is 49.9 Å². The van der Waals surface area contributed by atoms with Crippen molar-refractivity contribution in [2.24, 2.45) is 0 Å². The topological polar surface area (TPSA) is 36.1 Å². The standard InChI is InChI=1S/C19H26N2O/c1-4-15-8-9-18-16(11-15)19(22)17(14(3)20-18)12-21-10-6-5-7-13(21)2/h8-9,11,13H,4-7,10,12H2,1-3H3,(H,20,22). The van der Waals surface area contributed by atoms with Crippen molar-refractivity contribution in [2.75, 3.05) is 6.54 Å². The van der Waals surface area contributed by atoms with Gasteiger partial charge >= 0.3 is 0 Å². The third-order valence-electron chi connectivity index (χ3n) is 5.09. The number of rotatable bonds is 3. The number of hydrogen-bond donors (Lipinski definition) is 1. The molecule has 0 saturated carbocycles. The molecule has 1 atom stereocenters. The molecule has 3 nitrogen and oxygen atoms in total. The summed E-state index contributed by atoms with van der Waals surface area (Å²) in [5, 5.41) is 0.838. The molecule has 2 heterocycles. The summed E-state index contributed by atoms with van der Waals surface area (Å²) in [4.78, 5) is 18.8. The number of benzene rings is 1. The Bertz CT molecular complexity index is 732. The SMILES string of the molecule is CCc1ccc2[nH]c(C)c(CN3CCCCC3C)c(=O)c2c1. The fourth-order valence-corrected chi connectivity index (χ4v) is 3.50. The second-order valence-electron chi connectivity index (χ2n) is 6.61. The molecule has 3 heteroatoms. The van der Waals surface area contributed by atoms with Crippen LogP contribution in [-0.4, -0.2) is 22.5 Å². The average molecular weight is 298 g/mol. The Morgan fingerprint density at radius 2 is 2.14 bits per heavy atom. The van der Waals surface area contributed by atoms with E-state index in [1.165, 1.54) is 24.8 Å². The zero-order chi connectivity index (χ0) is 15.7. The highest BCUT2D eigenvalue weighted by atomic mass is 16.1. The first-order chi connectivity index (χ1) is 10.6. The van der Waals surface area contributed by atoms with Gasteiger partial charge in [-0.05, 0) is 57.4 Å². The van der Waals surface area contributed by atoms with Crippen molar-refractivity contribution in [1.82, 2.24) is 9.88 Å². The summed E-state index contributed by atoms with van der Waals surface area (Å²) in [6, 6.07) is 6.77. The molecule has 0 bridgehead atoms. The van der Waals surface area contributed by atoms with Gasteiger partial charge in [-0.2, -0.15) is 0 Å². The molecular formula is C19H26N2O. The molecular weight excluding hydrogens is 272 g/mol. The Kier molecular flexibility index (Phi) is 4.34. The van der Waals surface area contributed by atoms with Crippen molar-refractivity contribution in [3.8, 4) is 0 Å². The van der Waals surface area contributed by atoms with Gasteiger partial charge in [0.25, 0.3) is 0 Å². The van der Waals surface area contributed by atoms with E-state index in [-0.39, 0.29) is 5.43 Å². The fourth-order valence-electron chi connectivity index (χ4n) is 3.50. The summed E-state index contributed by atoms with van der Waals surface area (Å²) in [5.74, 6) is 0. The van der Waals surface area contributed by atoms with Crippen molar-refractivity contribution in [3.05, 3.63) is 45.2 Å². The predicted molar refractivity (Wildman–Crippen MR) is 92.4 cm³/mol. The van der Waals surface area contributed by atoms with Crippen LogP contribution in [0.15, 0.2) is 23.0 Å². The van der Waals surface area contributed by atoms with Crippen LogP contribution in [0.3, 0.4) is 0 Å². The number of nitrogens with zero attached hydrogens (tertiary/aromatic N) is 1. The summed E-state index contributed by atoms with van der Waals surface area (Å²) in [6.45, 7) is 8.30. The van der Waals surface area contributed by atoms with Crippen LogP contribution >= 0.6 is 0 Å². The van der Waals surface area contributed by atoms with Gasteiger partial charge in [0.15, 0.2) is 5.43 Å². The van der Waals surface area contributed by atoms with Crippen LogP contribution in [-0.2, 0) is 13.0 Å². The van der Waals surface area contributed by atoms with Gasteiger partial charge in [-0.25, -0.2) is 0 Å². The lowest BCUT2D eigenvalue weighted by Gasteiger charge is -2.33. The lowest BCUT2D eigenvalue weighted by Crippen LogP contribution is -2.38. The molecule has 0 spiro atoms. The highest BCUT2D eigenvalue weighted by Crippen LogP contribution is 2.20. The van der Waals surface area contributed by atoms with E-state index in [2.05, 4.69) is 35.9 Å². The van der Waals surface area contributed by atoms with E-state index in [9.17, 15) is 4.79 Å². The van der Waals surface area contributed by atoms with Crippen molar-refractivity contribution in [1.29, 1.82) is 0 Å². The summed E-state index contributed by atoms with van der Waals surface area (Å²) in [7, 11) is 0. The lowest BCUT2D eigenvalue weighted by atomic mass is 10.0. The van der Waals surface area contributed by atoms with Crippen LogP contribution < -0.4 is 5.43 Å². The molecule has 0 radical (unpaired) electrons. The first-order valence-corrected chi connectivity index (χ1v) is 8.48. The molecule has 118 valence electrons.